The second kappa shape index (κ2) is 18.9. The molecule has 0 aromatic rings. The van der Waals surface area contributed by atoms with Crippen molar-refractivity contribution in [3.63, 3.8) is 0 Å². The van der Waals surface area contributed by atoms with Crippen molar-refractivity contribution in [1.82, 2.24) is 25.3 Å². The van der Waals surface area contributed by atoms with E-state index in [1.54, 1.807) is 30.6 Å². The van der Waals surface area contributed by atoms with Gasteiger partial charge in [-0.1, -0.05) is 0 Å². The molecule has 0 bridgehead atoms. The van der Waals surface area contributed by atoms with Crippen LogP contribution in [0.2, 0.25) is 0 Å². The second-order valence-corrected chi connectivity index (χ2v) is 11.3. The van der Waals surface area contributed by atoms with Gasteiger partial charge in [0, 0.05) is 13.1 Å². The van der Waals surface area contributed by atoms with Crippen LogP contribution in [0.1, 0.15) is 59.3 Å². The summed E-state index contributed by atoms with van der Waals surface area (Å²) in [5.41, 5.74) is -0.799. The molecule has 16 heteroatoms. The largest absolute Gasteiger partial charge is 0.480 e. The van der Waals surface area contributed by atoms with Crippen molar-refractivity contribution < 1.29 is 38.9 Å². The average molecular weight is 619 g/mol. The van der Waals surface area contributed by atoms with Gasteiger partial charge in [0.25, 0.3) is 0 Å². The molecule has 3 heterocycles. The van der Waals surface area contributed by atoms with E-state index in [-0.39, 0.29) is 43.0 Å². The van der Waals surface area contributed by atoms with E-state index in [2.05, 4.69) is 28.8 Å². The molecule has 3 amide bonds. The molecule has 242 valence electrons. The quantitative estimate of drug-likeness (QED) is 0.286. The summed E-state index contributed by atoms with van der Waals surface area (Å²) >= 11 is 0. The number of nitrogens with zero attached hydrogens (tertiary/aromatic N) is 6. The highest BCUT2D eigenvalue weighted by atomic mass is 16.6. The van der Waals surface area contributed by atoms with E-state index in [4.69, 9.17) is 30.7 Å². The summed E-state index contributed by atoms with van der Waals surface area (Å²) < 4.78 is 4.86. The van der Waals surface area contributed by atoms with E-state index in [9.17, 15) is 24.0 Å². The van der Waals surface area contributed by atoms with Gasteiger partial charge in [-0.05, 0) is 65.8 Å². The maximum Gasteiger partial charge on any atom is 0.411 e. The lowest BCUT2D eigenvalue weighted by Crippen LogP contribution is -2.45. The van der Waals surface area contributed by atoms with Crippen LogP contribution in [0.5, 0.6) is 0 Å². The average Bonchev–Trinajstić information content (AvgIpc) is 3.73. The number of likely N-dealkylation sites (tertiary alicyclic amines) is 2. The molecule has 3 atom stereocenters. The number of ether oxygens (including phenoxy) is 1. The summed E-state index contributed by atoms with van der Waals surface area (Å²) in [5, 5.41) is 49.0. The van der Waals surface area contributed by atoms with E-state index in [1.165, 1.54) is 0 Å². The van der Waals surface area contributed by atoms with E-state index in [0.717, 1.165) is 45.1 Å². The summed E-state index contributed by atoms with van der Waals surface area (Å²) in [7, 11) is 0. The first-order valence-electron chi connectivity index (χ1n) is 14.4. The Bertz CT molecular complexity index is 1070. The van der Waals surface area contributed by atoms with Gasteiger partial charge in [-0.15, -0.1) is 0 Å². The van der Waals surface area contributed by atoms with Crippen molar-refractivity contribution in [1.29, 1.82) is 15.8 Å². The number of nitriles is 3. The SMILES string of the molecule is CC(C)(C)OC(=O)N(CC(=O)O)CC(=O)O.N#C[C@@H]1CCCN1.N#C[C@@H]1CCCN1C(=O)CNCC(=O)N1CCC[C@H]1C#N. The second-order valence-electron chi connectivity index (χ2n) is 11.3. The van der Waals surface area contributed by atoms with Crippen molar-refractivity contribution in [2.45, 2.75) is 83.0 Å². The molecule has 0 unspecified atom stereocenters. The van der Waals surface area contributed by atoms with Crippen LogP contribution in [0.4, 0.5) is 4.79 Å². The van der Waals surface area contributed by atoms with Crippen molar-refractivity contribution in [2.24, 2.45) is 0 Å². The molecule has 0 aliphatic carbocycles. The molecule has 3 aliphatic heterocycles. The lowest BCUT2D eigenvalue weighted by Gasteiger charge is -2.25. The Hall–Kier alpha value is -4.46. The number of carbonyl (C=O) groups is 5. The smallest absolute Gasteiger partial charge is 0.411 e. The van der Waals surface area contributed by atoms with E-state index < -0.39 is 36.7 Å². The van der Waals surface area contributed by atoms with Crippen LogP contribution in [0.3, 0.4) is 0 Å². The van der Waals surface area contributed by atoms with Crippen LogP contribution >= 0.6 is 0 Å². The van der Waals surface area contributed by atoms with Crippen LogP contribution in [-0.4, -0.2) is 124 Å². The molecule has 0 radical (unpaired) electrons. The zero-order valence-electron chi connectivity index (χ0n) is 25.5. The fourth-order valence-corrected chi connectivity index (χ4v) is 4.51. The zero-order chi connectivity index (χ0) is 33.3. The van der Waals surface area contributed by atoms with Gasteiger partial charge in [-0.2, -0.15) is 15.8 Å². The topological polar surface area (TPSA) is 240 Å². The van der Waals surface area contributed by atoms with Gasteiger partial charge in [-0.25, -0.2) is 4.79 Å². The maximum absolute atomic E-state index is 12.0. The number of rotatable bonds is 8. The molecule has 16 nitrogen and oxygen atoms in total. The number of hydrogen-bond acceptors (Lipinski definition) is 11. The molecule has 4 N–H and O–H groups in total. The fourth-order valence-electron chi connectivity index (χ4n) is 4.51. The molecule has 0 aromatic carbocycles. The van der Waals surface area contributed by atoms with E-state index in [1.807, 2.05) is 0 Å². The van der Waals surface area contributed by atoms with Crippen molar-refractivity contribution in [3.05, 3.63) is 0 Å². The van der Waals surface area contributed by atoms with Gasteiger partial charge in [0.15, 0.2) is 0 Å². The third-order valence-electron chi connectivity index (χ3n) is 6.52. The highest BCUT2D eigenvalue weighted by Gasteiger charge is 2.30. The third kappa shape index (κ3) is 14.1. The predicted octanol–water partition coefficient (Wildman–Crippen LogP) is 0.260. The summed E-state index contributed by atoms with van der Waals surface area (Å²) in [4.78, 5) is 59.9. The van der Waals surface area contributed by atoms with Crippen molar-refractivity contribution in [3.8, 4) is 18.2 Å². The minimum absolute atomic E-state index is 0.0506. The minimum atomic E-state index is -1.30. The Morgan fingerprint density at radius 1 is 0.841 bits per heavy atom. The molecule has 3 rings (SSSR count). The summed E-state index contributed by atoms with van der Waals surface area (Å²) in [5.74, 6) is -2.89. The number of nitrogens with one attached hydrogen (secondary N) is 2. The first-order valence-corrected chi connectivity index (χ1v) is 14.4. The fraction of sp³-hybridized carbons (Fsp3) is 0.714. The molecule has 3 aliphatic rings. The summed E-state index contributed by atoms with van der Waals surface area (Å²) in [6, 6.07) is 5.87. The number of amides is 3. The number of hydrogen-bond donors (Lipinski definition) is 4. The Morgan fingerprint density at radius 3 is 1.64 bits per heavy atom. The number of aliphatic carboxylic acids is 2. The molecular weight excluding hydrogens is 576 g/mol. The van der Waals surface area contributed by atoms with Gasteiger partial charge in [0.2, 0.25) is 11.8 Å². The monoisotopic (exact) mass is 618 g/mol. The molecule has 0 aromatic heterocycles. The zero-order valence-corrected chi connectivity index (χ0v) is 25.5. The molecule has 3 saturated heterocycles. The van der Waals surface area contributed by atoms with Gasteiger partial charge in [-0.3, -0.25) is 29.4 Å². The normalized spacial score (nSPS) is 20.4. The standard InChI is InChI=1S/C14H19N5O2.C9H15NO6.C5H8N2/c15-7-11-3-1-5-18(11)13(20)9-17-10-14(21)19-6-2-4-12(19)8-16;1-9(2,3)16-8(15)10(4-6(11)12)5-7(13)14;6-4-5-2-1-3-7-5/h11-12,17H,1-6,9-10H2;4-5H2,1-3H3,(H,11,12)(H,13,14);5,7H,1-3H2/t11-,12-;;5-/m0.0/s1. The van der Waals surface area contributed by atoms with Gasteiger partial charge in [0.1, 0.15) is 30.8 Å². The number of carboxylic acid groups (broad SMARTS) is 2. The minimum Gasteiger partial charge on any atom is -0.480 e. The summed E-state index contributed by atoms with van der Waals surface area (Å²) in [6.45, 7) is 5.73. The van der Waals surface area contributed by atoms with Gasteiger partial charge >= 0.3 is 18.0 Å². The Kier molecular flexibility index (Phi) is 16.2. The Balaban J connectivity index is 0.000000370. The first kappa shape index (κ1) is 37.6. The van der Waals surface area contributed by atoms with Crippen molar-refractivity contribution in [2.75, 3.05) is 45.8 Å². The lowest BCUT2D eigenvalue weighted by molar-refractivity contribution is -0.141. The highest BCUT2D eigenvalue weighted by Crippen LogP contribution is 2.17. The predicted molar refractivity (Wildman–Crippen MR) is 153 cm³/mol. The Labute approximate surface area is 257 Å². The van der Waals surface area contributed by atoms with Crippen LogP contribution in [0.15, 0.2) is 0 Å². The Morgan fingerprint density at radius 2 is 1.32 bits per heavy atom. The van der Waals surface area contributed by atoms with Crippen LogP contribution in [0, 0.1) is 34.0 Å². The molecule has 0 saturated carbocycles. The molecule has 44 heavy (non-hydrogen) atoms. The number of carbonyl (C=O) groups excluding carboxylic acids is 3. The van der Waals surface area contributed by atoms with E-state index in [0.29, 0.717) is 18.0 Å². The lowest BCUT2D eigenvalue weighted by atomic mass is 10.2. The van der Waals surface area contributed by atoms with Gasteiger partial charge in [0.05, 0.1) is 37.3 Å². The van der Waals surface area contributed by atoms with Crippen LogP contribution < -0.4 is 10.6 Å². The maximum atomic E-state index is 12.0. The first-order chi connectivity index (χ1) is 20.7. The van der Waals surface area contributed by atoms with Crippen molar-refractivity contribution >= 4 is 29.8 Å². The highest BCUT2D eigenvalue weighted by molar-refractivity contribution is 5.82. The van der Waals surface area contributed by atoms with Gasteiger partial charge < -0.3 is 30.1 Å². The van der Waals surface area contributed by atoms with Crippen LogP contribution in [0.25, 0.3) is 0 Å². The molecular formula is C28H42N8O8. The van der Waals surface area contributed by atoms with E-state index >= 15 is 0 Å². The third-order valence-corrected chi connectivity index (χ3v) is 6.52. The summed E-state index contributed by atoms with van der Waals surface area (Å²) in [6.07, 6.45) is 4.38. The van der Waals surface area contributed by atoms with Crippen LogP contribution in [-0.2, 0) is 23.9 Å². The molecule has 3 fully saturated rings. The number of carboxylic acids is 2. The molecule has 0 spiro atoms.